The number of benzene rings is 2. The van der Waals surface area contributed by atoms with E-state index in [1.165, 1.54) is 24.4 Å². The molecule has 5 heterocycles. The second-order valence-electron chi connectivity index (χ2n) is 13.4. The van der Waals surface area contributed by atoms with Gasteiger partial charge in [-0.3, -0.25) is 9.88 Å². The topological polar surface area (TPSA) is 94.8 Å². The van der Waals surface area contributed by atoms with Gasteiger partial charge in [0, 0.05) is 43.7 Å². The largest absolute Gasteiger partial charge is 0.508 e. The molecular weight excluding hydrogens is 609 g/mol. The number of ether oxygens (including phenoxy) is 1. The van der Waals surface area contributed by atoms with E-state index >= 15 is 4.39 Å². The van der Waals surface area contributed by atoms with E-state index in [0.29, 0.717) is 38.3 Å². The summed E-state index contributed by atoms with van der Waals surface area (Å²) in [7, 11) is 0. The number of aromatic hydroxyl groups is 1. The highest BCUT2D eigenvalue weighted by atomic mass is 19.4. The Morgan fingerprint density at radius 2 is 1.89 bits per heavy atom. The molecule has 4 fully saturated rings. The smallest absolute Gasteiger partial charge is 0.416 e. The molecule has 13 heteroatoms. The monoisotopic (exact) mass is 641 g/mol. The average molecular weight is 642 g/mol. The van der Waals surface area contributed by atoms with Crippen LogP contribution in [0.5, 0.6) is 11.8 Å². The molecule has 1 saturated carbocycles. The Bertz CT molecular complexity index is 1850. The van der Waals surface area contributed by atoms with Crippen molar-refractivity contribution in [1.29, 1.82) is 0 Å². The minimum absolute atomic E-state index is 0.0253. The van der Waals surface area contributed by atoms with Gasteiger partial charge in [0.05, 0.1) is 22.6 Å². The molecule has 1 aliphatic carbocycles. The maximum absolute atomic E-state index is 16.7. The number of aliphatic hydroxyl groups excluding tert-OH is 1. The predicted molar refractivity (Wildman–Crippen MR) is 160 cm³/mol. The fraction of sp³-hybridized carbons (Fsp3) is 0.485. The molecule has 0 spiro atoms. The van der Waals surface area contributed by atoms with E-state index in [4.69, 9.17) is 9.72 Å². The van der Waals surface area contributed by atoms with Crippen LogP contribution in [0.3, 0.4) is 0 Å². The van der Waals surface area contributed by atoms with Gasteiger partial charge in [-0.2, -0.15) is 23.1 Å². The summed E-state index contributed by atoms with van der Waals surface area (Å²) in [6.07, 6.45) is -1.10. The van der Waals surface area contributed by atoms with E-state index < -0.39 is 35.4 Å². The minimum atomic E-state index is -4.63. The van der Waals surface area contributed by atoms with Crippen LogP contribution in [0.1, 0.15) is 37.7 Å². The summed E-state index contributed by atoms with van der Waals surface area (Å²) in [6, 6.07) is 5.44. The van der Waals surface area contributed by atoms with Gasteiger partial charge in [-0.05, 0) is 73.2 Å². The van der Waals surface area contributed by atoms with Crippen molar-refractivity contribution in [3.05, 3.63) is 47.9 Å². The molecule has 8 rings (SSSR count). The van der Waals surface area contributed by atoms with Gasteiger partial charge < -0.3 is 19.8 Å². The van der Waals surface area contributed by atoms with Crippen molar-refractivity contribution in [1.82, 2.24) is 19.9 Å². The molecule has 3 aliphatic heterocycles. The third-order valence-electron chi connectivity index (χ3n) is 10.4. The third-order valence-corrected chi connectivity index (χ3v) is 10.4. The van der Waals surface area contributed by atoms with Gasteiger partial charge in [0.2, 0.25) is 0 Å². The summed E-state index contributed by atoms with van der Waals surface area (Å²) in [5.74, 6) is -0.523. The molecule has 2 aromatic heterocycles. The number of hydrogen-bond donors (Lipinski definition) is 2. The maximum atomic E-state index is 16.7. The van der Waals surface area contributed by atoms with Crippen molar-refractivity contribution in [3.8, 4) is 23.0 Å². The number of hydrogen-bond acceptors (Lipinski definition) is 8. The predicted octanol–water partition coefficient (Wildman–Crippen LogP) is 5.87. The van der Waals surface area contributed by atoms with E-state index in [1.54, 1.807) is 0 Å². The van der Waals surface area contributed by atoms with Gasteiger partial charge in [0.1, 0.15) is 35.6 Å². The molecular formula is C33H32F5N5O3. The van der Waals surface area contributed by atoms with E-state index in [-0.39, 0.29) is 63.1 Å². The zero-order chi connectivity index (χ0) is 32.0. The lowest BCUT2D eigenvalue weighted by molar-refractivity contribution is -0.137. The van der Waals surface area contributed by atoms with E-state index in [0.717, 1.165) is 37.9 Å². The number of nitrogens with zero attached hydrogens (tertiary/aromatic N) is 5. The average Bonchev–Trinajstić information content (AvgIpc) is 3.62. The number of rotatable bonds is 5. The zero-order valence-corrected chi connectivity index (χ0v) is 24.8. The summed E-state index contributed by atoms with van der Waals surface area (Å²) in [6.45, 7) is 2.30. The van der Waals surface area contributed by atoms with Gasteiger partial charge in [0.25, 0.3) is 0 Å². The normalized spacial score (nSPS) is 28.0. The molecule has 3 saturated heterocycles. The molecule has 242 valence electrons. The number of phenolic OH excluding ortho intramolecular Hbond substituents is 1. The maximum Gasteiger partial charge on any atom is 0.416 e. The molecule has 2 N–H and O–H groups in total. The molecule has 8 nitrogen and oxygen atoms in total. The highest BCUT2D eigenvalue weighted by Gasteiger charge is 2.49. The number of piperidine rings is 1. The van der Waals surface area contributed by atoms with Crippen molar-refractivity contribution < 1.29 is 36.9 Å². The standard InChI is InChI=1S/C33H32F5N5O3/c34-21-11-32(4-1-5-43(32)15-21)16-46-31-40-29-25(30(41-31)42-13-17-6-19(14-42)26(45)7-17)12-39-28(27(29)35)24-10-22(44)8-18-2-3-20(9-23(18)24)33(36,37)38/h2-3,8-10,12,17,19,21,26,44-45H,1,4-7,11,13-16H2/t17-,19-,21-,26-,32+/m1/s1. The number of halogens is 5. The Morgan fingerprint density at radius 1 is 1.04 bits per heavy atom. The van der Waals surface area contributed by atoms with Crippen LogP contribution in [0.15, 0.2) is 36.5 Å². The Balaban J connectivity index is 1.26. The molecule has 0 unspecified atom stereocenters. The molecule has 0 amide bonds. The van der Waals surface area contributed by atoms with Crippen molar-refractivity contribution in [2.45, 2.75) is 56.1 Å². The first-order chi connectivity index (χ1) is 22.0. The lowest BCUT2D eigenvalue weighted by Gasteiger charge is -2.34. The number of aromatic nitrogens is 3. The van der Waals surface area contributed by atoms with Crippen LogP contribution in [-0.4, -0.2) is 80.7 Å². The summed E-state index contributed by atoms with van der Waals surface area (Å²) < 4.78 is 78.2. The van der Waals surface area contributed by atoms with Crippen LogP contribution in [0.2, 0.25) is 0 Å². The number of fused-ring (bicyclic) bond motifs is 5. The minimum Gasteiger partial charge on any atom is -0.508 e. The second kappa shape index (κ2) is 10.6. The Morgan fingerprint density at radius 3 is 2.70 bits per heavy atom. The highest BCUT2D eigenvalue weighted by molar-refractivity contribution is 6.00. The van der Waals surface area contributed by atoms with Crippen LogP contribution < -0.4 is 9.64 Å². The fourth-order valence-electron chi connectivity index (χ4n) is 8.28. The molecule has 2 aromatic carbocycles. The molecule has 5 atom stereocenters. The number of anilines is 1. The first-order valence-electron chi connectivity index (χ1n) is 15.6. The Kier molecular flexibility index (Phi) is 6.81. The number of pyridine rings is 1. The third kappa shape index (κ3) is 4.90. The van der Waals surface area contributed by atoms with E-state index in [9.17, 15) is 27.8 Å². The van der Waals surface area contributed by atoms with Gasteiger partial charge in [0.15, 0.2) is 5.82 Å². The van der Waals surface area contributed by atoms with E-state index in [2.05, 4.69) is 14.9 Å². The number of alkyl halides is 4. The van der Waals surface area contributed by atoms with Crippen molar-refractivity contribution in [3.63, 3.8) is 0 Å². The van der Waals surface area contributed by atoms with Crippen molar-refractivity contribution in [2.24, 2.45) is 11.8 Å². The zero-order valence-electron chi connectivity index (χ0n) is 24.8. The van der Waals surface area contributed by atoms with Crippen LogP contribution in [0.4, 0.5) is 27.8 Å². The first-order valence-corrected chi connectivity index (χ1v) is 15.6. The number of aliphatic hydroxyl groups is 1. The summed E-state index contributed by atoms with van der Waals surface area (Å²) in [5.41, 5.74) is -1.86. The van der Waals surface area contributed by atoms with Crippen molar-refractivity contribution in [2.75, 3.05) is 37.7 Å². The Labute approximate surface area is 260 Å². The van der Waals surface area contributed by atoms with Gasteiger partial charge in [-0.15, -0.1) is 0 Å². The Hall–Kier alpha value is -3.84. The summed E-state index contributed by atoms with van der Waals surface area (Å²) >= 11 is 0. The van der Waals surface area contributed by atoms with Crippen molar-refractivity contribution >= 4 is 27.5 Å². The van der Waals surface area contributed by atoms with Crippen LogP contribution in [0, 0.1) is 17.7 Å². The van der Waals surface area contributed by atoms with Gasteiger partial charge in [-0.25, -0.2) is 8.78 Å². The molecule has 4 aliphatic rings. The highest BCUT2D eigenvalue weighted by Crippen LogP contribution is 2.44. The second-order valence-corrected chi connectivity index (χ2v) is 13.4. The molecule has 46 heavy (non-hydrogen) atoms. The summed E-state index contributed by atoms with van der Waals surface area (Å²) in [5, 5.41) is 21.6. The van der Waals surface area contributed by atoms with Gasteiger partial charge in [-0.1, -0.05) is 6.07 Å². The molecule has 4 aromatic rings. The van der Waals surface area contributed by atoms with E-state index in [1.807, 2.05) is 4.90 Å². The molecule has 0 radical (unpaired) electrons. The SMILES string of the molecule is Oc1cc(-c2ncc3c(N4C[C@@H]5C[C@H](C4)[C@H](O)C5)nc(OC[C@@]45CCCN4C[C@H](F)C5)nc3c2F)c2cc(C(F)(F)F)ccc2c1. The van der Waals surface area contributed by atoms with Crippen LogP contribution in [0.25, 0.3) is 32.9 Å². The quantitative estimate of drug-likeness (QED) is 0.262. The first kappa shape index (κ1) is 29.6. The number of phenols is 1. The fourth-order valence-corrected chi connectivity index (χ4v) is 8.28. The van der Waals surface area contributed by atoms with Gasteiger partial charge >= 0.3 is 12.2 Å². The molecule has 2 bridgehead atoms. The summed E-state index contributed by atoms with van der Waals surface area (Å²) in [4.78, 5) is 17.6. The van der Waals surface area contributed by atoms with Crippen LogP contribution in [-0.2, 0) is 6.18 Å². The lowest BCUT2D eigenvalue weighted by atomic mass is 9.95. The van der Waals surface area contributed by atoms with Crippen LogP contribution >= 0.6 is 0 Å². The lowest BCUT2D eigenvalue weighted by Crippen LogP contribution is -2.43.